The van der Waals surface area contributed by atoms with Crippen LogP contribution in [0.5, 0.6) is 0 Å². The molecule has 4 nitrogen and oxygen atoms in total. The zero-order chi connectivity index (χ0) is 12.4. The molecule has 0 spiro atoms. The molecule has 1 N–H and O–H groups in total. The van der Waals surface area contributed by atoms with Gasteiger partial charge in [0.15, 0.2) is 0 Å². The maximum atomic E-state index is 4.45. The molecule has 0 bridgehead atoms. The molecular weight excluding hydrogens is 291 g/mol. The van der Waals surface area contributed by atoms with Crippen molar-refractivity contribution < 1.29 is 0 Å². The number of hydrogen-bond acceptors (Lipinski definition) is 4. The van der Waals surface area contributed by atoms with Crippen molar-refractivity contribution in [2.45, 2.75) is 13.5 Å². The van der Waals surface area contributed by atoms with Crippen LogP contribution in [0.25, 0.3) is 0 Å². The Morgan fingerprint density at radius 2 is 2.17 bits per heavy atom. The number of nitrogens with zero attached hydrogens (tertiary/aromatic N) is 3. The normalized spacial score (nSPS) is 12.1. The standard InChI is InChI=1S/C13H12N4Se/c1-9-5-6-14-7-10(9)8-15-11-3-2-4-12-13(11)17-18-16-12/h2-7,15H,8H2,1H3. The minimum absolute atomic E-state index is 0.0182. The Morgan fingerprint density at radius 1 is 1.22 bits per heavy atom. The summed E-state index contributed by atoms with van der Waals surface area (Å²) in [5.74, 6) is 0. The van der Waals surface area contributed by atoms with E-state index in [1.54, 1.807) is 0 Å². The predicted molar refractivity (Wildman–Crippen MR) is 72.7 cm³/mol. The van der Waals surface area contributed by atoms with Gasteiger partial charge in [0.05, 0.1) is 0 Å². The van der Waals surface area contributed by atoms with Gasteiger partial charge in [0, 0.05) is 0 Å². The first-order valence-corrected chi connectivity index (χ1v) is 7.22. The van der Waals surface area contributed by atoms with Crippen molar-refractivity contribution in [3.05, 3.63) is 47.8 Å². The summed E-state index contributed by atoms with van der Waals surface area (Å²) in [6, 6.07) is 8.09. The average Bonchev–Trinajstić information content (AvgIpc) is 2.86. The Morgan fingerprint density at radius 3 is 3.06 bits per heavy atom. The molecular formula is C13H12N4Se. The van der Waals surface area contributed by atoms with Crippen molar-refractivity contribution in [2.75, 3.05) is 5.32 Å². The van der Waals surface area contributed by atoms with Crippen molar-refractivity contribution in [1.29, 1.82) is 0 Å². The molecule has 0 saturated heterocycles. The molecule has 0 unspecified atom stereocenters. The van der Waals surface area contributed by atoms with Gasteiger partial charge in [0.25, 0.3) is 0 Å². The zero-order valence-corrected chi connectivity index (χ0v) is 11.6. The molecule has 0 fully saturated rings. The first-order chi connectivity index (χ1) is 8.84. The van der Waals surface area contributed by atoms with Crippen LogP contribution in [0.1, 0.15) is 11.1 Å². The Balaban J connectivity index is 1.81. The van der Waals surface area contributed by atoms with Crippen molar-refractivity contribution in [1.82, 2.24) is 4.98 Å². The average molecular weight is 303 g/mol. The summed E-state index contributed by atoms with van der Waals surface area (Å²) in [5.41, 5.74) is 5.51. The van der Waals surface area contributed by atoms with Gasteiger partial charge in [-0.2, -0.15) is 0 Å². The molecule has 1 aliphatic rings. The Bertz CT molecular complexity index is 660. The summed E-state index contributed by atoms with van der Waals surface area (Å²) in [7, 11) is 0. The number of nitrogens with one attached hydrogen (secondary N) is 1. The van der Waals surface area contributed by atoms with Gasteiger partial charge in [-0.25, -0.2) is 0 Å². The van der Waals surface area contributed by atoms with E-state index in [4.69, 9.17) is 0 Å². The molecule has 0 atom stereocenters. The molecule has 3 rings (SSSR count). The number of hydrogen-bond donors (Lipinski definition) is 1. The summed E-state index contributed by atoms with van der Waals surface area (Å²) in [5, 5.41) is 3.42. The van der Waals surface area contributed by atoms with Gasteiger partial charge in [0.1, 0.15) is 0 Å². The van der Waals surface area contributed by atoms with Crippen LogP contribution in [0.3, 0.4) is 0 Å². The fourth-order valence-corrected chi connectivity index (χ4v) is 2.97. The van der Waals surface area contributed by atoms with Crippen molar-refractivity contribution in [3.63, 3.8) is 0 Å². The van der Waals surface area contributed by atoms with E-state index < -0.39 is 0 Å². The quantitative estimate of drug-likeness (QED) is 0.754. The van der Waals surface area contributed by atoms with Gasteiger partial charge in [-0.05, 0) is 0 Å². The third kappa shape index (κ3) is 2.15. The summed E-state index contributed by atoms with van der Waals surface area (Å²) in [6.45, 7) is 2.86. The van der Waals surface area contributed by atoms with E-state index >= 15 is 0 Å². The fourth-order valence-electron chi connectivity index (χ4n) is 1.82. The van der Waals surface area contributed by atoms with Gasteiger partial charge < -0.3 is 0 Å². The Kier molecular flexibility index (Phi) is 3.09. The first-order valence-electron chi connectivity index (χ1n) is 5.69. The SMILES string of the molecule is Cc1ccncc1CNc1cccc2c1N=[Se]=N2. The number of rotatable bonds is 3. The summed E-state index contributed by atoms with van der Waals surface area (Å²) in [6.07, 6.45) is 3.72. The summed E-state index contributed by atoms with van der Waals surface area (Å²) >= 11 is 0.0182. The van der Waals surface area contributed by atoms with E-state index in [0.29, 0.717) is 0 Å². The Labute approximate surface area is 111 Å². The van der Waals surface area contributed by atoms with E-state index in [2.05, 4.69) is 25.1 Å². The molecule has 2 aromatic rings. The van der Waals surface area contributed by atoms with Crippen LogP contribution in [-0.4, -0.2) is 19.6 Å². The molecule has 1 aromatic heterocycles. The third-order valence-electron chi connectivity index (χ3n) is 2.90. The number of anilines is 1. The summed E-state index contributed by atoms with van der Waals surface area (Å²) in [4.78, 5) is 4.15. The van der Waals surface area contributed by atoms with E-state index in [9.17, 15) is 0 Å². The van der Waals surface area contributed by atoms with Gasteiger partial charge in [-0.1, -0.05) is 0 Å². The fraction of sp³-hybridized carbons (Fsp3) is 0.154. The molecule has 5 heteroatoms. The van der Waals surface area contributed by atoms with Crippen LogP contribution < -0.4 is 5.32 Å². The molecule has 0 amide bonds. The monoisotopic (exact) mass is 304 g/mol. The molecule has 0 saturated carbocycles. The maximum absolute atomic E-state index is 4.45. The number of aryl methyl sites for hydroxylation is 1. The predicted octanol–water partition coefficient (Wildman–Crippen LogP) is 3.35. The van der Waals surface area contributed by atoms with E-state index in [1.165, 1.54) is 11.1 Å². The van der Waals surface area contributed by atoms with E-state index in [-0.39, 0.29) is 14.6 Å². The Hall–Kier alpha value is -1.71. The molecule has 0 aliphatic carbocycles. The number of aromatic nitrogens is 1. The van der Waals surface area contributed by atoms with Crippen LogP contribution in [0.4, 0.5) is 17.1 Å². The van der Waals surface area contributed by atoms with Crippen LogP contribution in [0.15, 0.2) is 44.6 Å². The third-order valence-corrected chi connectivity index (χ3v) is 4.04. The summed E-state index contributed by atoms with van der Waals surface area (Å²) < 4.78 is 8.83. The molecule has 2 heterocycles. The minimum atomic E-state index is 0.0182. The van der Waals surface area contributed by atoms with Crippen LogP contribution in [0, 0.1) is 6.92 Å². The van der Waals surface area contributed by atoms with Gasteiger partial charge in [-0.15, -0.1) is 0 Å². The van der Waals surface area contributed by atoms with E-state index in [0.717, 1.165) is 23.6 Å². The molecule has 90 valence electrons. The molecule has 18 heavy (non-hydrogen) atoms. The van der Waals surface area contributed by atoms with Crippen LogP contribution in [0.2, 0.25) is 0 Å². The first kappa shape index (κ1) is 11.4. The van der Waals surface area contributed by atoms with E-state index in [1.807, 2.05) is 36.7 Å². The zero-order valence-electron chi connectivity index (χ0n) is 9.92. The topological polar surface area (TPSA) is 49.6 Å². The molecule has 1 aromatic carbocycles. The molecule has 1 aliphatic heterocycles. The second-order valence-corrected chi connectivity index (χ2v) is 5.20. The van der Waals surface area contributed by atoms with Gasteiger partial charge in [-0.3, -0.25) is 0 Å². The van der Waals surface area contributed by atoms with Crippen molar-refractivity contribution >= 4 is 31.6 Å². The number of pyridine rings is 1. The van der Waals surface area contributed by atoms with Crippen LogP contribution >= 0.6 is 0 Å². The second kappa shape index (κ2) is 4.88. The van der Waals surface area contributed by atoms with Gasteiger partial charge in [0.2, 0.25) is 0 Å². The van der Waals surface area contributed by atoms with Crippen molar-refractivity contribution in [3.8, 4) is 0 Å². The molecule has 0 radical (unpaired) electrons. The number of fused-ring (bicyclic) bond motifs is 1. The second-order valence-electron chi connectivity index (χ2n) is 4.09. The van der Waals surface area contributed by atoms with Crippen LogP contribution in [-0.2, 0) is 6.54 Å². The number of benzene rings is 1. The van der Waals surface area contributed by atoms with Crippen molar-refractivity contribution in [2.24, 2.45) is 7.92 Å². The van der Waals surface area contributed by atoms with Gasteiger partial charge >= 0.3 is 111 Å².